The molecule has 1 N–H and O–H groups in total. The van der Waals surface area contributed by atoms with Gasteiger partial charge in [0.05, 0.1) is 6.42 Å². The maximum absolute atomic E-state index is 12.8. The van der Waals surface area contributed by atoms with Crippen molar-refractivity contribution in [1.29, 1.82) is 0 Å². The third-order valence-corrected chi connectivity index (χ3v) is 4.76. The molecule has 0 unspecified atom stereocenters. The van der Waals surface area contributed by atoms with Crippen LogP contribution in [0.15, 0.2) is 71.7 Å². The van der Waals surface area contributed by atoms with Gasteiger partial charge in [-0.15, -0.1) is 0 Å². The van der Waals surface area contributed by atoms with Gasteiger partial charge in [0.25, 0.3) is 5.56 Å². The summed E-state index contributed by atoms with van der Waals surface area (Å²) in [4.78, 5) is 30.0. The maximum Gasteiger partial charge on any atom is 0.256 e. The van der Waals surface area contributed by atoms with Crippen LogP contribution in [0.1, 0.15) is 48.3 Å². The number of carbonyl (C=O) groups is 1. The van der Waals surface area contributed by atoms with Crippen molar-refractivity contribution in [2.24, 2.45) is 7.05 Å². The Balaban J connectivity index is 1.96. The van der Waals surface area contributed by atoms with Crippen LogP contribution in [0, 0.1) is 0 Å². The highest BCUT2D eigenvalue weighted by Gasteiger charge is 2.22. The van der Waals surface area contributed by atoms with E-state index in [0.717, 1.165) is 11.1 Å². The molecule has 1 heterocycles. The van der Waals surface area contributed by atoms with Crippen molar-refractivity contribution in [2.45, 2.75) is 32.2 Å². The largest absolute Gasteiger partial charge is 0.342 e. The van der Waals surface area contributed by atoms with Gasteiger partial charge in [0, 0.05) is 18.8 Å². The fourth-order valence-electron chi connectivity index (χ4n) is 3.18. The van der Waals surface area contributed by atoms with Gasteiger partial charge in [-0.2, -0.15) is 0 Å². The van der Waals surface area contributed by atoms with Crippen molar-refractivity contribution in [1.82, 2.24) is 14.9 Å². The molecule has 1 atom stereocenters. The molecule has 0 fully saturated rings. The smallest absolute Gasteiger partial charge is 0.256 e. The molecular formula is C23H25N3O2. The lowest BCUT2D eigenvalue weighted by Gasteiger charge is -2.22. The van der Waals surface area contributed by atoms with Gasteiger partial charge in [-0.25, -0.2) is 4.98 Å². The van der Waals surface area contributed by atoms with Crippen LogP contribution in [0.25, 0.3) is 0 Å². The summed E-state index contributed by atoms with van der Waals surface area (Å²) in [6.45, 7) is 3.93. The lowest BCUT2D eigenvalue weighted by Crippen LogP contribution is -2.36. The Morgan fingerprint density at radius 2 is 1.64 bits per heavy atom. The molecule has 5 nitrogen and oxygen atoms in total. The van der Waals surface area contributed by atoms with Gasteiger partial charge in [0.1, 0.15) is 11.9 Å². The Hall–Kier alpha value is -3.21. The van der Waals surface area contributed by atoms with Crippen molar-refractivity contribution in [2.75, 3.05) is 0 Å². The van der Waals surface area contributed by atoms with Gasteiger partial charge in [0.15, 0.2) is 0 Å². The summed E-state index contributed by atoms with van der Waals surface area (Å²) < 4.78 is 1.54. The van der Waals surface area contributed by atoms with Crippen molar-refractivity contribution < 1.29 is 4.79 Å². The van der Waals surface area contributed by atoms with E-state index in [1.165, 1.54) is 4.57 Å². The van der Waals surface area contributed by atoms with Crippen molar-refractivity contribution >= 4 is 5.91 Å². The van der Waals surface area contributed by atoms with Gasteiger partial charge in [-0.05, 0) is 17.0 Å². The van der Waals surface area contributed by atoms with Crippen LogP contribution in [-0.2, 0) is 18.3 Å². The molecular weight excluding hydrogens is 350 g/mol. The van der Waals surface area contributed by atoms with Gasteiger partial charge >= 0.3 is 0 Å². The number of hydrogen-bond acceptors (Lipinski definition) is 3. The average molecular weight is 375 g/mol. The zero-order valence-corrected chi connectivity index (χ0v) is 16.4. The number of amides is 1. The van der Waals surface area contributed by atoms with Crippen LogP contribution >= 0.6 is 0 Å². The summed E-state index contributed by atoms with van der Waals surface area (Å²) in [5.41, 5.74) is 2.39. The summed E-state index contributed by atoms with van der Waals surface area (Å²) in [6.07, 6.45) is 1.89. The second-order valence-corrected chi connectivity index (χ2v) is 7.16. The number of carbonyl (C=O) groups excluding carboxylic acids is 1. The monoisotopic (exact) mass is 375 g/mol. The first-order valence-electron chi connectivity index (χ1n) is 9.41. The molecule has 0 saturated carbocycles. The predicted octanol–water partition coefficient (Wildman–Crippen LogP) is 3.35. The van der Waals surface area contributed by atoms with Gasteiger partial charge in [-0.1, -0.05) is 74.5 Å². The van der Waals surface area contributed by atoms with Crippen LogP contribution in [0.3, 0.4) is 0 Å². The first-order chi connectivity index (χ1) is 13.5. The molecule has 3 aromatic rings. The first kappa shape index (κ1) is 19.5. The Kier molecular flexibility index (Phi) is 6.04. The van der Waals surface area contributed by atoms with Crippen LogP contribution in [-0.4, -0.2) is 15.5 Å². The number of aromatic nitrogens is 2. The molecule has 144 valence electrons. The minimum Gasteiger partial charge on any atom is -0.342 e. The van der Waals surface area contributed by atoms with E-state index in [1.807, 2.05) is 74.5 Å². The summed E-state index contributed by atoms with van der Waals surface area (Å²) in [5, 5.41) is 3.05. The lowest BCUT2D eigenvalue weighted by atomic mass is 10.0. The van der Waals surface area contributed by atoms with E-state index in [1.54, 1.807) is 13.2 Å². The predicted molar refractivity (Wildman–Crippen MR) is 110 cm³/mol. The highest BCUT2D eigenvalue weighted by molar-refractivity contribution is 5.79. The molecule has 1 amide bonds. The van der Waals surface area contributed by atoms with E-state index >= 15 is 0 Å². The number of nitrogens with one attached hydrogen (secondary N) is 1. The highest BCUT2D eigenvalue weighted by Crippen LogP contribution is 2.20. The summed E-state index contributed by atoms with van der Waals surface area (Å²) >= 11 is 0. The standard InChI is InChI=1S/C23H25N3O2/c1-16(2)19-15-24-22(26(3)23(19)28)21(18-12-8-5-9-13-18)25-20(27)14-17-10-6-4-7-11-17/h4-13,15-16,21H,14H2,1-3H3,(H,25,27)/t21-/m0/s1. The molecule has 0 radical (unpaired) electrons. The third kappa shape index (κ3) is 4.36. The van der Waals surface area contributed by atoms with E-state index in [2.05, 4.69) is 10.3 Å². The fourth-order valence-corrected chi connectivity index (χ4v) is 3.18. The molecule has 0 saturated heterocycles. The minimum absolute atomic E-state index is 0.0850. The van der Waals surface area contributed by atoms with E-state index in [9.17, 15) is 9.59 Å². The number of hydrogen-bond donors (Lipinski definition) is 1. The van der Waals surface area contributed by atoms with Crippen molar-refractivity contribution in [3.63, 3.8) is 0 Å². The molecule has 3 rings (SSSR count). The number of benzene rings is 2. The maximum atomic E-state index is 12.8. The molecule has 28 heavy (non-hydrogen) atoms. The second-order valence-electron chi connectivity index (χ2n) is 7.16. The number of rotatable bonds is 6. The normalized spacial score (nSPS) is 12.0. The van der Waals surface area contributed by atoms with Crippen LogP contribution in [0.4, 0.5) is 0 Å². The minimum atomic E-state index is -0.503. The molecule has 0 aliphatic rings. The van der Waals surface area contributed by atoms with E-state index < -0.39 is 6.04 Å². The molecule has 0 spiro atoms. The lowest BCUT2D eigenvalue weighted by molar-refractivity contribution is -0.121. The van der Waals surface area contributed by atoms with Crippen LogP contribution in [0.2, 0.25) is 0 Å². The fraction of sp³-hybridized carbons (Fsp3) is 0.261. The zero-order chi connectivity index (χ0) is 20.1. The Bertz CT molecular complexity index is 995. The van der Waals surface area contributed by atoms with Gasteiger partial charge in [0.2, 0.25) is 5.91 Å². The molecule has 0 bridgehead atoms. The second kappa shape index (κ2) is 8.65. The Morgan fingerprint density at radius 1 is 1.04 bits per heavy atom. The number of nitrogens with zero attached hydrogens (tertiary/aromatic N) is 2. The molecule has 5 heteroatoms. The summed E-state index contributed by atoms with van der Waals surface area (Å²) in [6, 6.07) is 18.7. The molecule has 2 aromatic carbocycles. The highest BCUT2D eigenvalue weighted by atomic mass is 16.1. The zero-order valence-electron chi connectivity index (χ0n) is 16.4. The van der Waals surface area contributed by atoms with Gasteiger partial charge in [-0.3, -0.25) is 14.2 Å². The molecule has 1 aromatic heterocycles. The topological polar surface area (TPSA) is 64.0 Å². The Morgan fingerprint density at radius 3 is 2.25 bits per heavy atom. The third-order valence-electron chi connectivity index (χ3n) is 4.76. The van der Waals surface area contributed by atoms with Crippen molar-refractivity contribution in [3.05, 3.63) is 99.7 Å². The van der Waals surface area contributed by atoms with Crippen LogP contribution < -0.4 is 10.9 Å². The molecule has 0 aliphatic heterocycles. The average Bonchev–Trinajstić information content (AvgIpc) is 2.69. The van der Waals surface area contributed by atoms with Crippen LogP contribution in [0.5, 0.6) is 0 Å². The Labute approximate surface area is 165 Å². The van der Waals surface area contributed by atoms with E-state index in [-0.39, 0.29) is 23.8 Å². The van der Waals surface area contributed by atoms with E-state index in [0.29, 0.717) is 11.4 Å². The van der Waals surface area contributed by atoms with Gasteiger partial charge < -0.3 is 5.32 Å². The summed E-state index contributed by atoms with van der Waals surface area (Å²) in [7, 11) is 1.70. The quantitative estimate of drug-likeness (QED) is 0.719. The van der Waals surface area contributed by atoms with E-state index in [4.69, 9.17) is 0 Å². The van der Waals surface area contributed by atoms with Crippen molar-refractivity contribution in [3.8, 4) is 0 Å². The summed E-state index contributed by atoms with van der Waals surface area (Å²) in [5.74, 6) is 0.479. The molecule has 0 aliphatic carbocycles. The first-order valence-corrected chi connectivity index (χ1v) is 9.41. The SMILES string of the molecule is CC(C)c1cnc([C@@H](NC(=O)Cc2ccccc2)c2ccccc2)n(C)c1=O.